The highest BCUT2D eigenvalue weighted by atomic mass is 15.0. The zero-order valence-corrected chi connectivity index (χ0v) is 12.7. The molecular formula is C17H28N2. The molecule has 1 N–H and O–H groups in total. The fourth-order valence-corrected chi connectivity index (χ4v) is 3.15. The fourth-order valence-electron chi connectivity index (χ4n) is 3.15. The quantitative estimate of drug-likeness (QED) is 0.861. The Balaban J connectivity index is 1.85. The van der Waals surface area contributed by atoms with Crippen LogP contribution in [-0.2, 0) is 6.54 Å². The minimum Gasteiger partial charge on any atom is -0.385 e. The topological polar surface area (TPSA) is 15.3 Å². The fraction of sp³-hybridized carbons (Fsp3) is 0.647. The van der Waals surface area contributed by atoms with Gasteiger partial charge in [0.1, 0.15) is 0 Å². The van der Waals surface area contributed by atoms with Crippen LogP contribution in [0.1, 0.15) is 38.2 Å². The molecular weight excluding hydrogens is 232 g/mol. The van der Waals surface area contributed by atoms with Crippen LogP contribution in [0.3, 0.4) is 0 Å². The van der Waals surface area contributed by atoms with E-state index in [4.69, 9.17) is 0 Å². The van der Waals surface area contributed by atoms with Crippen LogP contribution in [0.5, 0.6) is 0 Å². The first kappa shape index (κ1) is 14.4. The predicted molar refractivity (Wildman–Crippen MR) is 83.4 cm³/mol. The summed E-state index contributed by atoms with van der Waals surface area (Å²) in [5.41, 5.74) is 2.66. The van der Waals surface area contributed by atoms with Crippen LogP contribution in [0.25, 0.3) is 0 Å². The van der Waals surface area contributed by atoms with Gasteiger partial charge in [-0.05, 0) is 56.5 Å². The van der Waals surface area contributed by atoms with E-state index in [2.05, 4.69) is 55.5 Å². The van der Waals surface area contributed by atoms with Crippen LogP contribution in [0.4, 0.5) is 5.69 Å². The summed E-state index contributed by atoms with van der Waals surface area (Å²) < 4.78 is 0. The molecule has 0 aliphatic heterocycles. The second-order valence-corrected chi connectivity index (χ2v) is 6.46. The van der Waals surface area contributed by atoms with Crippen molar-refractivity contribution in [2.75, 3.05) is 26.0 Å². The molecule has 2 rings (SSSR count). The summed E-state index contributed by atoms with van der Waals surface area (Å²) in [5.74, 6) is 1.78. The maximum atomic E-state index is 3.63. The van der Waals surface area contributed by atoms with Gasteiger partial charge in [-0.15, -0.1) is 0 Å². The molecule has 1 aromatic rings. The number of benzene rings is 1. The van der Waals surface area contributed by atoms with E-state index in [-0.39, 0.29) is 0 Å². The molecule has 0 radical (unpaired) electrons. The number of anilines is 1. The lowest BCUT2D eigenvalue weighted by Gasteiger charge is -2.27. The number of hydrogen-bond donors (Lipinski definition) is 1. The molecule has 1 fully saturated rings. The first-order valence-electron chi connectivity index (χ1n) is 7.61. The van der Waals surface area contributed by atoms with Crippen molar-refractivity contribution in [2.45, 2.75) is 39.2 Å². The van der Waals surface area contributed by atoms with E-state index in [1.54, 1.807) is 0 Å². The van der Waals surface area contributed by atoms with Crippen molar-refractivity contribution in [3.63, 3.8) is 0 Å². The van der Waals surface area contributed by atoms with Gasteiger partial charge < -0.3 is 10.2 Å². The van der Waals surface area contributed by atoms with Gasteiger partial charge >= 0.3 is 0 Å². The average Bonchev–Trinajstić information content (AvgIpc) is 2.36. The number of nitrogens with zero attached hydrogens (tertiary/aromatic N) is 1. The Morgan fingerprint density at radius 2 is 2.11 bits per heavy atom. The maximum Gasteiger partial charge on any atom is 0.0343 e. The van der Waals surface area contributed by atoms with Crippen LogP contribution in [0.2, 0.25) is 0 Å². The number of hydrogen-bond acceptors (Lipinski definition) is 2. The predicted octanol–water partition coefficient (Wildman–Crippen LogP) is 3.99. The minimum atomic E-state index is 0.862. The van der Waals surface area contributed by atoms with Gasteiger partial charge in [0.2, 0.25) is 0 Å². The van der Waals surface area contributed by atoms with Crippen LogP contribution >= 0.6 is 0 Å². The normalized spacial score (nSPS) is 23.6. The Morgan fingerprint density at radius 1 is 1.26 bits per heavy atom. The van der Waals surface area contributed by atoms with Gasteiger partial charge in [0.25, 0.3) is 0 Å². The van der Waals surface area contributed by atoms with Crippen LogP contribution in [-0.4, -0.2) is 25.5 Å². The Morgan fingerprint density at radius 3 is 2.84 bits per heavy atom. The lowest BCUT2D eigenvalue weighted by molar-refractivity contribution is 0.293. The standard InChI is InChI=1S/C17H28N2/c1-14-6-4-7-15(10-14)12-18-17-9-5-8-16(11-17)13-19(2)3/h5,8-9,11,14-15,18H,4,6-7,10,12-13H2,1-3H3. The summed E-state index contributed by atoms with van der Waals surface area (Å²) in [6, 6.07) is 8.83. The lowest BCUT2D eigenvalue weighted by Crippen LogP contribution is -2.21. The average molecular weight is 260 g/mol. The molecule has 2 nitrogen and oxygen atoms in total. The molecule has 2 unspecified atom stereocenters. The zero-order chi connectivity index (χ0) is 13.7. The first-order valence-corrected chi connectivity index (χ1v) is 7.61. The second kappa shape index (κ2) is 6.95. The second-order valence-electron chi connectivity index (χ2n) is 6.46. The number of nitrogens with one attached hydrogen (secondary N) is 1. The molecule has 0 spiro atoms. The number of rotatable bonds is 5. The van der Waals surface area contributed by atoms with Crippen molar-refractivity contribution in [1.82, 2.24) is 4.90 Å². The van der Waals surface area contributed by atoms with E-state index < -0.39 is 0 Å². The van der Waals surface area contributed by atoms with E-state index in [1.807, 2.05) is 0 Å². The van der Waals surface area contributed by atoms with Gasteiger partial charge in [-0.1, -0.05) is 31.9 Å². The van der Waals surface area contributed by atoms with Crippen LogP contribution < -0.4 is 5.32 Å². The molecule has 0 amide bonds. The molecule has 1 saturated carbocycles. The monoisotopic (exact) mass is 260 g/mol. The SMILES string of the molecule is CC1CCCC(CNc2cccc(CN(C)C)c2)C1. The smallest absolute Gasteiger partial charge is 0.0343 e. The van der Waals surface area contributed by atoms with Gasteiger partial charge in [-0.2, -0.15) is 0 Å². The Bertz CT molecular complexity index is 387. The summed E-state index contributed by atoms with van der Waals surface area (Å²) >= 11 is 0. The van der Waals surface area contributed by atoms with Gasteiger partial charge in [-0.25, -0.2) is 0 Å². The summed E-state index contributed by atoms with van der Waals surface area (Å²) in [7, 11) is 4.23. The van der Waals surface area contributed by atoms with Gasteiger partial charge in [0.15, 0.2) is 0 Å². The summed E-state index contributed by atoms with van der Waals surface area (Å²) in [4.78, 5) is 2.21. The molecule has 0 saturated heterocycles. The largest absolute Gasteiger partial charge is 0.385 e. The molecule has 106 valence electrons. The van der Waals surface area contributed by atoms with E-state index in [9.17, 15) is 0 Å². The molecule has 1 aromatic carbocycles. The van der Waals surface area contributed by atoms with Crippen molar-refractivity contribution in [2.24, 2.45) is 11.8 Å². The van der Waals surface area contributed by atoms with Gasteiger partial charge in [-0.3, -0.25) is 0 Å². The minimum absolute atomic E-state index is 0.862. The Labute approximate surface area is 118 Å². The summed E-state index contributed by atoms with van der Waals surface area (Å²) in [6.07, 6.45) is 5.63. The zero-order valence-electron chi connectivity index (χ0n) is 12.7. The molecule has 1 aliphatic carbocycles. The third-order valence-electron chi connectivity index (χ3n) is 4.07. The van der Waals surface area contributed by atoms with E-state index in [0.29, 0.717) is 0 Å². The van der Waals surface area contributed by atoms with Crippen LogP contribution in [0, 0.1) is 11.8 Å². The van der Waals surface area contributed by atoms with Crippen molar-refractivity contribution >= 4 is 5.69 Å². The molecule has 0 aromatic heterocycles. The molecule has 0 bridgehead atoms. The third kappa shape index (κ3) is 4.87. The molecule has 2 heteroatoms. The van der Waals surface area contributed by atoms with E-state index >= 15 is 0 Å². The third-order valence-corrected chi connectivity index (χ3v) is 4.07. The highest BCUT2D eigenvalue weighted by molar-refractivity contribution is 5.45. The van der Waals surface area contributed by atoms with Crippen molar-refractivity contribution < 1.29 is 0 Å². The maximum absolute atomic E-state index is 3.63. The molecule has 0 heterocycles. The molecule has 2 atom stereocenters. The van der Waals surface area contributed by atoms with E-state index in [1.165, 1.54) is 36.9 Å². The van der Waals surface area contributed by atoms with Crippen LogP contribution in [0.15, 0.2) is 24.3 Å². The summed E-state index contributed by atoms with van der Waals surface area (Å²) in [6.45, 7) is 4.54. The van der Waals surface area contributed by atoms with Crippen molar-refractivity contribution in [3.05, 3.63) is 29.8 Å². The lowest BCUT2D eigenvalue weighted by atomic mass is 9.82. The highest BCUT2D eigenvalue weighted by Gasteiger charge is 2.18. The summed E-state index contributed by atoms with van der Waals surface area (Å²) in [5, 5.41) is 3.63. The van der Waals surface area contributed by atoms with Crippen molar-refractivity contribution in [1.29, 1.82) is 0 Å². The highest BCUT2D eigenvalue weighted by Crippen LogP contribution is 2.28. The Hall–Kier alpha value is -1.02. The van der Waals surface area contributed by atoms with Gasteiger partial charge in [0, 0.05) is 18.8 Å². The first-order chi connectivity index (χ1) is 9.13. The van der Waals surface area contributed by atoms with Gasteiger partial charge in [0.05, 0.1) is 0 Å². The van der Waals surface area contributed by atoms with Crippen molar-refractivity contribution in [3.8, 4) is 0 Å². The Kier molecular flexibility index (Phi) is 5.26. The molecule has 19 heavy (non-hydrogen) atoms. The van der Waals surface area contributed by atoms with E-state index in [0.717, 1.165) is 24.9 Å². The molecule has 1 aliphatic rings.